The van der Waals surface area contributed by atoms with Crippen LogP contribution in [0, 0.1) is 13.8 Å². The summed E-state index contributed by atoms with van der Waals surface area (Å²) in [7, 11) is 0. The van der Waals surface area contributed by atoms with Crippen LogP contribution in [0.2, 0.25) is 0 Å². The number of amides is 1. The van der Waals surface area contributed by atoms with Crippen LogP contribution in [0.25, 0.3) is 22.2 Å². The van der Waals surface area contributed by atoms with E-state index in [1.54, 1.807) is 12.3 Å². The zero-order valence-corrected chi connectivity index (χ0v) is 20.1. The van der Waals surface area contributed by atoms with Crippen molar-refractivity contribution >= 4 is 44.9 Å². The zero-order chi connectivity index (χ0) is 23.7. The molecule has 0 atom stereocenters. The fourth-order valence-electron chi connectivity index (χ4n) is 3.51. The molecule has 3 heterocycles. The minimum Gasteiger partial charge on any atom is -0.507 e. The van der Waals surface area contributed by atoms with Crippen LogP contribution in [0.3, 0.4) is 0 Å². The molecule has 0 bridgehead atoms. The van der Waals surface area contributed by atoms with Crippen molar-refractivity contribution in [2.75, 3.05) is 11.1 Å². The van der Waals surface area contributed by atoms with Crippen LogP contribution < -0.4 is 5.32 Å². The van der Waals surface area contributed by atoms with E-state index in [1.807, 2.05) is 60.9 Å². The maximum atomic E-state index is 12.5. The van der Waals surface area contributed by atoms with Crippen LogP contribution in [0.15, 0.2) is 64.4 Å². The standard InChI is InChI=1S/C24H21N5O3S2/c1-14-15(2)34-23(25-14)26-21(31)13-33-24-28-27-22(29(24)12-18-8-5-9-32-18)19-10-16-6-3-4-7-17(16)11-20(19)30/h3-11,30H,12-13H2,1-2H3,(H,25,26,31). The summed E-state index contributed by atoms with van der Waals surface area (Å²) in [5, 5.41) is 25.3. The van der Waals surface area contributed by atoms with Gasteiger partial charge < -0.3 is 14.8 Å². The lowest BCUT2D eigenvalue weighted by molar-refractivity contribution is -0.113. The summed E-state index contributed by atoms with van der Waals surface area (Å²) in [4.78, 5) is 18.0. The number of hydrogen-bond acceptors (Lipinski definition) is 8. The molecule has 3 aromatic heterocycles. The van der Waals surface area contributed by atoms with Gasteiger partial charge in [-0.15, -0.1) is 21.5 Å². The van der Waals surface area contributed by atoms with Gasteiger partial charge in [0.2, 0.25) is 5.91 Å². The van der Waals surface area contributed by atoms with Gasteiger partial charge in [-0.3, -0.25) is 9.36 Å². The molecular weight excluding hydrogens is 470 g/mol. The monoisotopic (exact) mass is 491 g/mol. The third-order valence-corrected chi connectivity index (χ3v) is 7.28. The number of phenols is 1. The highest BCUT2D eigenvalue weighted by molar-refractivity contribution is 7.99. The molecule has 8 nitrogen and oxygen atoms in total. The number of nitrogens with one attached hydrogen (secondary N) is 1. The molecule has 0 fully saturated rings. The summed E-state index contributed by atoms with van der Waals surface area (Å²) < 4.78 is 7.38. The summed E-state index contributed by atoms with van der Waals surface area (Å²) in [6, 6.07) is 15.1. The van der Waals surface area contributed by atoms with Crippen LogP contribution in [0.5, 0.6) is 5.75 Å². The maximum absolute atomic E-state index is 12.5. The topological polar surface area (TPSA) is 106 Å². The number of aryl methyl sites for hydroxylation is 2. The number of furan rings is 1. The second-order valence-corrected chi connectivity index (χ2v) is 9.83. The first kappa shape index (κ1) is 22.2. The van der Waals surface area contributed by atoms with Crippen molar-refractivity contribution in [3.05, 3.63) is 71.1 Å². The average molecular weight is 492 g/mol. The van der Waals surface area contributed by atoms with Crippen LogP contribution in [0.4, 0.5) is 5.13 Å². The van der Waals surface area contributed by atoms with Crippen molar-refractivity contribution in [1.82, 2.24) is 19.7 Å². The number of anilines is 1. The molecular formula is C24H21N5O3S2. The van der Waals surface area contributed by atoms with E-state index in [9.17, 15) is 9.90 Å². The number of carbonyl (C=O) groups excluding carboxylic acids is 1. The molecule has 0 unspecified atom stereocenters. The summed E-state index contributed by atoms with van der Waals surface area (Å²) in [6.45, 7) is 4.24. The Bertz CT molecular complexity index is 1450. The minimum atomic E-state index is -0.179. The zero-order valence-electron chi connectivity index (χ0n) is 18.5. The molecule has 2 N–H and O–H groups in total. The fraction of sp³-hybridized carbons (Fsp3) is 0.167. The molecule has 0 saturated heterocycles. The van der Waals surface area contributed by atoms with Gasteiger partial charge in [-0.2, -0.15) is 0 Å². The first-order valence-corrected chi connectivity index (χ1v) is 12.3. The smallest absolute Gasteiger partial charge is 0.236 e. The number of nitrogens with zero attached hydrogens (tertiary/aromatic N) is 4. The van der Waals surface area contributed by atoms with Gasteiger partial charge in [0.15, 0.2) is 16.1 Å². The first-order chi connectivity index (χ1) is 16.5. The summed E-state index contributed by atoms with van der Waals surface area (Å²) in [5.74, 6) is 1.27. The maximum Gasteiger partial charge on any atom is 0.236 e. The van der Waals surface area contributed by atoms with E-state index in [0.29, 0.717) is 34.0 Å². The van der Waals surface area contributed by atoms with Gasteiger partial charge in [0.25, 0.3) is 0 Å². The Morgan fingerprint density at radius 3 is 2.65 bits per heavy atom. The molecule has 0 radical (unpaired) electrons. The third-order valence-electron chi connectivity index (χ3n) is 5.32. The normalized spacial score (nSPS) is 11.2. The van der Waals surface area contributed by atoms with Crippen molar-refractivity contribution in [1.29, 1.82) is 0 Å². The number of carbonyl (C=O) groups is 1. The van der Waals surface area contributed by atoms with Crippen molar-refractivity contribution in [3.63, 3.8) is 0 Å². The van der Waals surface area contributed by atoms with Gasteiger partial charge in [-0.25, -0.2) is 4.98 Å². The lowest BCUT2D eigenvalue weighted by Gasteiger charge is -2.11. The Kier molecular flexibility index (Phi) is 6.08. The van der Waals surface area contributed by atoms with E-state index in [2.05, 4.69) is 20.5 Å². The molecule has 34 heavy (non-hydrogen) atoms. The van der Waals surface area contributed by atoms with E-state index in [-0.39, 0.29) is 17.4 Å². The minimum absolute atomic E-state index is 0.107. The Morgan fingerprint density at radius 2 is 1.94 bits per heavy atom. The second kappa shape index (κ2) is 9.32. The largest absolute Gasteiger partial charge is 0.507 e. The molecule has 5 rings (SSSR count). The van der Waals surface area contributed by atoms with Crippen LogP contribution in [-0.2, 0) is 11.3 Å². The number of fused-ring (bicyclic) bond motifs is 1. The number of thiazole rings is 1. The SMILES string of the molecule is Cc1nc(NC(=O)CSc2nnc(-c3cc4ccccc4cc3O)n2Cc2ccco2)sc1C. The van der Waals surface area contributed by atoms with E-state index in [4.69, 9.17) is 4.42 Å². The summed E-state index contributed by atoms with van der Waals surface area (Å²) in [5.41, 5.74) is 1.47. The van der Waals surface area contributed by atoms with Crippen LogP contribution >= 0.6 is 23.1 Å². The highest BCUT2D eigenvalue weighted by atomic mass is 32.2. The second-order valence-electron chi connectivity index (χ2n) is 7.69. The van der Waals surface area contributed by atoms with Crippen LogP contribution in [-0.4, -0.2) is 36.5 Å². The number of hydrogen-bond donors (Lipinski definition) is 2. The molecule has 0 saturated carbocycles. The quantitative estimate of drug-likeness (QED) is 0.300. The number of thioether (sulfide) groups is 1. The summed E-state index contributed by atoms with van der Waals surface area (Å²) >= 11 is 2.71. The highest BCUT2D eigenvalue weighted by Gasteiger charge is 2.20. The van der Waals surface area contributed by atoms with E-state index < -0.39 is 0 Å². The van der Waals surface area contributed by atoms with Gasteiger partial charge in [0, 0.05) is 4.88 Å². The molecule has 172 valence electrons. The van der Waals surface area contributed by atoms with Gasteiger partial charge in [-0.1, -0.05) is 36.0 Å². The lowest BCUT2D eigenvalue weighted by atomic mass is 10.1. The lowest BCUT2D eigenvalue weighted by Crippen LogP contribution is -2.14. The number of rotatable bonds is 7. The van der Waals surface area contributed by atoms with Gasteiger partial charge >= 0.3 is 0 Å². The number of aromatic hydroxyl groups is 1. The van der Waals surface area contributed by atoms with Crippen LogP contribution in [0.1, 0.15) is 16.3 Å². The third kappa shape index (κ3) is 4.55. The predicted molar refractivity (Wildman–Crippen MR) is 133 cm³/mol. The average Bonchev–Trinajstić information content (AvgIpc) is 3.54. The van der Waals surface area contributed by atoms with Gasteiger partial charge in [0.05, 0.1) is 29.8 Å². The molecule has 5 aromatic rings. The number of benzene rings is 2. The van der Waals surface area contributed by atoms with Crippen molar-refractivity contribution in [2.24, 2.45) is 0 Å². The highest BCUT2D eigenvalue weighted by Crippen LogP contribution is 2.34. The number of phenolic OH excluding ortho intramolecular Hbond substituents is 1. The first-order valence-electron chi connectivity index (χ1n) is 10.5. The van der Waals surface area contributed by atoms with E-state index in [0.717, 1.165) is 21.3 Å². The van der Waals surface area contributed by atoms with Crippen molar-refractivity contribution < 1.29 is 14.3 Å². The van der Waals surface area contributed by atoms with Crippen molar-refractivity contribution in [3.8, 4) is 17.1 Å². The molecule has 0 aliphatic rings. The van der Waals surface area contributed by atoms with Crippen molar-refractivity contribution in [2.45, 2.75) is 25.5 Å². The van der Waals surface area contributed by atoms with Gasteiger partial charge in [0.1, 0.15) is 11.5 Å². The van der Waals surface area contributed by atoms with E-state index in [1.165, 1.54) is 23.1 Å². The fourth-order valence-corrected chi connectivity index (χ4v) is 5.08. The number of aromatic nitrogens is 4. The molecule has 1 amide bonds. The van der Waals surface area contributed by atoms with Gasteiger partial charge in [-0.05, 0) is 48.9 Å². The molecule has 10 heteroatoms. The van der Waals surface area contributed by atoms with E-state index >= 15 is 0 Å². The molecule has 0 aliphatic heterocycles. The summed E-state index contributed by atoms with van der Waals surface area (Å²) in [6.07, 6.45) is 1.60. The molecule has 2 aromatic carbocycles. The Labute approximate surface area is 203 Å². The Hall–Kier alpha value is -3.63. The predicted octanol–water partition coefficient (Wildman–Crippen LogP) is 5.25. The molecule has 0 aliphatic carbocycles. The Morgan fingerprint density at radius 1 is 1.15 bits per heavy atom. The molecule has 0 spiro atoms. The Balaban J connectivity index is 1.44.